The summed E-state index contributed by atoms with van der Waals surface area (Å²) in [6.07, 6.45) is 0. The van der Waals surface area contributed by atoms with Crippen LogP contribution in [0.2, 0.25) is 0 Å². The zero-order valence-electron chi connectivity index (χ0n) is 36.2. The summed E-state index contributed by atoms with van der Waals surface area (Å²) >= 11 is 0. The zero-order chi connectivity index (χ0) is 44.3. The lowest BCUT2D eigenvalue weighted by molar-refractivity contribution is 0.620. The van der Waals surface area contributed by atoms with Crippen LogP contribution in [-0.2, 0) is 0 Å². The van der Waals surface area contributed by atoms with Gasteiger partial charge in [-0.2, -0.15) is 0 Å². The molecular weight excluding hydrogens is 821 g/mol. The van der Waals surface area contributed by atoms with Crippen molar-refractivity contribution in [3.05, 3.63) is 243 Å². The number of oxazole rings is 1. The van der Waals surface area contributed by atoms with E-state index in [0.717, 1.165) is 100 Å². The SMILES string of the molecule is c1ccc(-c2cccc(N(c3cc(N(c4ccccc4)c4ccc5c(c4)c4ccccc4n5-c4ccccc4)c4oc(-c5ccccc5)nc4c3)c3ccc4oc5ccccc5c4c3)c2)cc1. The van der Waals surface area contributed by atoms with Crippen molar-refractivity contribution in [2.75, 3.05) is 9.80 Å². The first-order valence-electron chi connectivity index (χ1n) is 22.5. The summed E-state index contributed by atoms with van der Waals surface area (Å²) in [5, 5.41) is 4.43. The maximum atomic E-state index is 6.96. The number of para-hydroxylation sites is 4. The second-order valence-electron chi connectivity index (χ2n) is 16.8. The molecule has 316 valence electrons. The topological polar surface area (TPSA) is 50.6 Å². The summed E-state index contributed by atoms with van der Waals surface area (Å²) in [5.41, 5.74) is 15.3. The first kappa shape index (κ1) is 38.3. The highest BCUT2D eigenvalue weighted by atomic mass is 16.3. The van der Waals surface area contributed by atoms with Crippen LogP contribution in [0.1, 0.15) is 0 Å². The fraction of sp³-hybridized carbons (Fsp3) is 0. The maximum absolute atomic E-state index is 6.96. The lowest BCUT2D eigenvalue weighted by Crippen LogP contribution is -2.13. The number of rotatable bonds is 9. The summed E-state index contributed by atoms with van der Waals surface area (Å²) in [4.78, 5) is 9.92. The average molecular weight is 861 g/mol. The Morgan fingerprint density at radius 1 is 0.343 bits per heavy atom. The normalized spacial score (nSPS) is 11.6. The third-order valence-corrected chi connectivity index (χ3v) is 12.7. The Hall–Kier alpha value is -9.13. The molecular formula is C61H40N4O2. The van der Waals surface area contributed by atoms with Gasteiger partial charge in [0.15, 0.2) is 5.58 Å². The molecule has 10 aromatic carbocycles. The van der Waals surface area contributed by atoms with Crippen molar-refractivity contribution in [1.29, 1.82) is 0 Å². The second-order valence-corrected chi connectivity index (χ2v) is 16.8. The highest BCUT2D eigenvalue weighted by Crippen LogP contribution is 2.48. The van der Waals surface area contributed by atoms with Crippen LogP contribution in [0.25, 0.3) is 83.1 Å². The van der Waals surface area contributed by atoms with Gasteiger partial charge in [0, 0.05) is 55.5 Å². The van der Waals surface area contributed by atoms with Crippen molar-refractivity contribution < 1.29 is 8.83 Å². The Bertz CT molecular complexity index is 3930. The quantitative estimate of drug-likeness (QED) is 0.145. The Morgan fingerprint density at radius 3 is 1.73 bits per heavy atom. The fourth-order valence-electron chi connectivity index (χ4n) is 9.72. The zero-order valence-corrected chi connectivity index (χ0v) is 36.2. The van der Waals surface area contributed by atoms with Crippen LogP contribution in [0.3, 0.4) is 0 Å². The lowest BCUT2D eigenvalue weighted by Gasteiger charge is -2.29. The summed E-state index contributed by atoms with van der Waals surface area (Å²) in [5.74, 6) is 0.548. The molecule has 0 aliphatic heterocycles. The van der Waals surface area contributed by atoms with Crippen LogP contribution in [-0.4, -0.2) is 9.55 Å². The molecule has 3 heterocycles. The highest BCUT2D eigenvalue weighted by molar-refractivity contribution is 6.11. The molecule has 0 bridgehead atoms. The smallest absolute Gasteiger partial charge is 0.227 e. The third kappa shape index (κ3) is 6.62. The van der Waals surface area contributed by atoms with Crippen LogP contribution < -0.4 is 9.80 Å². The Morgan fingerprint density at radius 2 is 0.925 bits per heavy atom. The standard InChI is InChI=1S/C61H40N4O2/c1-5-18-41(19-6-1)43-22-17-27-46(36-43)63(47-33-35-59-53(38-47)51-29-14-16-31-58(51)66-59)49-39-54-60(67-61(62-54)42-20-7-2-8-21-42)57(40-49)64(44-23-9-3-10-24-44)48-32-34-56-52(37-48)50-28-13-15-30-55(50)65(56)45-25-11-4-12-26-45/h1-40H. The van der Waals surface area contributed by atoms with Crippen LogP contribution in [0.15, 0.2) is 251 Å². The predicted octanol–water partition coefficient (Wildman–Crippen LogP) is 17.1. The van der Waals surface area contributed by atoms with E-state index >= 15 is 0 Å². The first-order chi connectivity index (χ1) is 33.2. The fourth-order valence-corrected chi connectivity index (χ4v) is 9.72. The predicted molar refractivity (Wildman–Crippen MR) is 276 cm³/mol. The molecule has 0 saturated carbocycles. The van der Waals surface area contributed by atoms with Gasteiger partial charge in [0.05, 0.1) is 22.4 Å². The van der Waals surface area contributed by atoms with E-state index in [9.17, 15) is 0 Å². The molecule has 0 aliphatic carbocycles. The lowest BCUT2D eigenvalue weighted by atomic mass is 10.0. The minimum absolute atomic E-state index is 0.548. The van der Waals surface area contributed by atoms with E-state index in [-0.39, 0.29) is 0 Å². The molecule has 13 aromatic rings. The molecule has 0 spiro atoms. The molecule has 0 N–H and O–H groups in total. The van der Waals surface area contributed by atoms with Crippen LogP contribution in [0, 0.1) is 0 Å². The van der Waals surface area contributed by atoms with Crippen molar-refractivity contribution in [1.82, 2.24) is 9.55 Å². The Kier molecular flexibility index (Phi) is 9.06. The van der Waals surface area contributed by atoms with E-state index in [2.05, 4.69) is 215 Å². The Balaban J connectivity index is 1.09. The molecule has 6 heteroatoms. The molecule has 0 radical (unpaired) electrons. The monoisotopic (exact) mass is 860 g/mol. The van der Waals surface area contributed by atoms with Crippen molar-refractivity contribution in [2.24, 2.45) is 0 Å². The number of fused-ring (bicyclic) bond motifs is 7. The van der Waals surface area contributed by atoms with E-state index in [1.807, 2.05) is 42.5 Å². The molecule has 67 heavy (non-hydrogen) atoms. The van der Waals surface area contributed by atoms with Crippen molar-refractivity contribution >= 4 is 89.0 Å². The number of furan rings is 1. The molecule has 13 rings (SSSR count). The van der Waals surface area contributed by atoms with Gasteiger partial charge in [-0.05, 0) is 120 Å². The van der Waals surface area contributed by atoms with E-state index in [4.69, 9.17) is 13.8 Å². The largest absolute Gasteiger partial charge is 0.456 e. The summed E-state index contributed by atoms with van der Waals surface area (Å²) in [6.45, 7) is 0. The van der Waals surface area contributed by atoms with Crippen LogP contribution >= 0.6 is 0 Å². The number of hydrogen-bond acceptors (Lipinski definition) is 5. The minimum atomic E-state index is 0.548. The van der Waals surface area contributed by atoms with E-state index in [1.54, 1.807) is 0 Å². The third-order valence-electron chi connectivity index (χ3n) is 12.7. The summed E-state index contributed by atoms with van der Waals surface area (Å²) in [7, 11) is 0. The van der Waals surface area contributed by atoms with E-state index < -0.39 is 0 Å². The van der Waals surface area contributed by atoms with Gasteiger partial charge in [-0.3, -0.25) is 0 Å². The maximum Gasteiger partial charge on any atom is 0.227 e. The number of benzene rings is 10. The molecule has 0 unspecified atom stereocenters. The van der Waals surface area contributed by atoms with Gasteiger partial charge in [0.1, 0.15) is 16.7 Å². The Labute approximate surface area is 386 Å². The molecule has 0 atom stereocenters. The van der Waals surface area contributed by atoms with Gasteiger partial charge < -0.3 is 23.2 Å². The van der Waals surface area contributed by atoms with Crippen molar-refractivity contribution in [3.8, 4) is 28.3 Å². The molecule has 6 nitrogen and oxygen atoms in total. The number of nitrogens with zero attached hydrogens (tertiary/aromatic N) is 4. The van der Waals surface area contributed by atoms with E-state index in [1.165, 1.54) is 5.39 Å². The minimum Gasteiger partial charge on any atom is -0.456 e. The second kappa shape index (κ2) is 15.8. The van der Waals surface area contributed by atoms with Crippen LogP contribution in [0.5, 0.6) is 0 Å². The number of aromatic nitrogens is 2. The summed E-state index contributed by atoms with van der Waals surface area (Å²) in [6, 6.07) is 85.1. The van der Waals surface area contributed by atoms with Gasteiger partial charge in [0.25, 0.3) is 0 Å². The van der Waals surface area contributed by atoms with Gasteiger partial charge in [-0.1, -0.05) is 133 Å². The van der Waals surface area contributed by atoms with Gasteiger partial charge >= 0.3 is 0 Å². The van der Waals surface area contributed by atoms with E-state index in [0.29, 0.717) is 11.5 Å². The first-order valence-corrected chi connectivity index (χ1v) is 22.5. The average Bonchev–Trinajstić information content (AvgIpc) is 4.10. The molecule has 0 amide bonds. The van der Waals surface area contributed by atoms with Gasteiger partial charge in [-0.15, -0.1) is 0 Å². The molecule has 3 aromatic heterocycles. The molecule has 0 saturated heterocycles. The van der Waals surface area contributed by atoms with Crippen LogP contribution in [0.4, 0.5) is 34.1 Å². The highest BCUT2D eigenvalue weighted by Gasteiger charge is 2.26. The molecule has 0 aliphatic rings. The van der Waals surface area contributed by atoms with Gasteiger partial charge in [0.2, 0.25) is 5.89 Å². The number of anilines is 6. The summed E-state index contributed by atoms with van der Waals surface area (Å²) < 4.78 is 15.7. The van der Waals surface area contributed by atoms with Crippen molar-refractivity contribution in [2.45, 2.75) is 0 Å². The van der Waals surface area contributed by atoms with Gasteiger partial charge in [-0.25, -0.2) is 4.98 Å². The molecule has 0 fully saturated rings. The number of hydrogen-bond donors (Lipinski definition) is 0. The van der Waals surface area contributed by atoms with Crippen molar-refractivity contribution in [3.63, 3.8) is 0 Å².